The highest BCUT2D eigenvalue weighted by Gasteiger charge is 2.21. The van der Waals surface area contributed by atoms with E-state index in [0.29, 0.717) is 0 Å². The summed E-state index contributed by atoms with van der Waals surface area (Å²) >= 11 is 0. The van der Waals surface area contributed by atoms with Gasteiger partial charge in [-0.15, -0.1) is 0 Å². The van der Waals surface area contributed by atoms with Gasteiger partial charge in [-0.25, -0.2) is 0 Å². The number of aromatic nitrogens is 2. The van der Waals surface area contributed by atoms with Crippen LogP contribution in [0.4, 0.5) is 0 Å². The molecule has 0 unspecified atom stereocenters. The van der Waals surface area contributed by atoms with E-state index in [1.54, 1.807) is 0 Å². The number of aryl methyl sites for hydroxylation is 4. The summed E-state index contributed by atoms with van der Waals surface area (Å²) in [5.41, 5.74) is 8.12. The number of aliphatic hydroxyl groups is 1. The van der Waals surface area contributed by atoms with Crippen LogP contribution in [0, 0.1) is 13.8 Å². The maximum absolute atomic E-state index is 9.18. The molecule has 4 heteroatoms. The quantitative estimate of drug-likeness (QED) is 0.712. The molecule has 0 spiro atoms. The summed E-state index contributed by atoms with van der Waals surface area (Å²) in [5.74, 6) is 0. The molecule has 1 aliphatic heterocycles. The lowest BCUT2D eigenvalue weighted by molar-refractivity contribution is 0.229. The molecule has 0 aliphatic carbocycles. The molecule has 0 saturated carbocycles. The molecule has 3 aromatic rings. The Morgan fingerprint density at radius 3 is 2.68 bits per heavy atom. The smallest absolute Gasteiger partial charge is 0.0485 e. The predicted octanol–water partition coefficient (Wildman–Crippen LogP) is 3.68. The third kappa shape index (κ3) is 3.98. The first-order valence-corrected chi connectivity index (χ1v) is 10.5. The molecule has 0 saturated heterocycles. The number of aliphatic hydroxyl groups excluding tert-OH is 1. The van der Waals surface area contributed by atoms with E-state index in [1.165, 1.54) is 33.3 Å². The zero-order chi connectivity index (χ0) is 19.5. The van der Waals surface area contributed by atoms with Crippen LogP contribution in [0.3, 0.4) is 0 Å². The van der Waals surface area contributed by atoms with Crippen molar-refractivity contribution in [1.82, 2.24) is 14.5 Å². The standard InChI is InChI=1S/C24H31N3O/c1-18-4-7-23-22(16-18)21-9-12-26(11-3-15-28)13-10-24(21)27(23)14-8-20-6-5-19(2)25-17-20/h4-7,16-17,28H,3,8-15H2,1-2H3. The molecule has 28 heavy (non-hydrogen) atoms. The van der Waals surface area contributed by atoms with Crippen LogP contribution >= 0.6 is 0 Å². The fraction of sp³-hybridized carbons (Fsp3) is 0.458. The highest BCUT2D eigenvalue weighted by atomic mass is 16.3. The van der Waals surface area contributed by atoms with Gasteiger partial charge in [-0.2, -0.15) is 0 Å². The van der Waals surface area contributed by atoms with Crippen molar-refractivity contribution < 1.29 is 5.11 Å². The van der Waals surface area contributed by atoms with Crippen LogP contribution in [0.5, 0.6) is 0 Å². The number of fused-ring (bicyclic) bond motifs is 3. The van der Waals surface area contributed by atoms with Gasteiger partial charge < -0.3 is 14.6 Å². The van der Waals surface area contributed by atoms with Crippen molar-refractivity contribution in [1.29, 1.82) is 0 Å². The molecule has 2 aromatic heterocycles. The van der Waals surface area contributed by atoms with Crippen molar-refractivity contribution in [2.45, 2.75) is 46.1 Å². The van der Waals surface area contributed by atoms with Crippen molar-refractivity contribution in [2.24, 2.45) is 0 Å². The minimum Gasteiger partial charge on any atom is -0.396 e. The third-order valence-corrected chi connectivity index (χ3v) is 6.01. The van der Waals surface area contributed by atoms with Crippen molar-refractivity contribution >= 4 is 10.9 Å². The van der Waals surface area contributed by atoms with Gasteiger partial charge in [0.05, 0.1) is 0 Å². The largest absolute Gasteiger partial charge is 0.396 e. The molecule has 0 radical (unpaired) electrons. The van der Waals surface area contributed by atoms with Crippen molar-refractivity contribution in [3.8, 4) is 0 Å². The fourth-order valence-electron chi connectivity index (χ4n) is 4.46. The summed E-state index contributed by atoms with van der Waals surface area (Å²) in [6.07, 6.45) is 6.07. The summed E-state index contributed by atoms with van der Waals surface area (Å²) < 4.78 is 2.56. The van der Waals surface area contributed by atoms with Crippen LogP contribution in [0.2, 0.25) is 0 Å². The van der Waals surface area contributed by atoms with E-state index in [4.69, 9.17) is 0 Å². The molecular weight excluding hydrogens is 346 g/mol. The first kappa shape index (κ1) is 19.2. The van der Waals surface area contributed by atoms with Crippen LogP contribution in [-0.2, 0) is 25.8 Å². The monoisotopic (exact) mass is 377 g/mol. The number of hydrogen-bond acceptors (Lipinski definition) is 3. The highest BCUT2D eigenvalue weighted by molar-refractivity contribution is 5.86. The Labute approximate surface area is 167 Å². The van der Waals surface area contributed by atoms with E-state index >= 15 is 0 Å². The number of rotatable bonds is 6. The summed E-state index contributed by atoms with van der Waals surface area (Å²) in [6.45, 7) is 8.65. The lowest BCUT2D eigenvalue weighted by Gasteiger charge is -2.19. The molecule has 0 bridgehead atoms. The lowest BCUT2D eigenvalue weighted by atomic mass is 10.1. The van der Waals surface area contributed by atoms with Crippen LogP contribution in [0.25, 0.3) is 10.9 Å². The molecule has 1 aliphatic rings. The topological polar surface area (TPSA) is 41.3 Å². The minimum absolute atomic E-state index is 0.280. The van der Waals surface area contributed by atoms with E-state index in [9.17, 15) is 5.11 Å². The Morgan fingerprint density at radius 2 is 1.89 bits per heavy atom. The lowest BCUT2D eigenvalue weighted by Crippen LogP contribution is -2.28. The molecule has 1 aromatic carbocycles. The Kier molecular flexibility index (Phi) is 5.79. The second-order valence-electron chi connectivity index (χ2n) is 8.07. The Balaban J connectivity index is 1.64. The molecule has 0 amide bonds. The van der Waals surface area contributed by atoms with E-state index in [1.807, 2.05) is 13.1 Å². The van der Waals surface area contributed by atoms with Gasteiger partial charge >= 0.3 is 0 Å². The molecule has 4 nitrogen and oxygen atoms in total. The molecule has 1 N–H and O–H groups in total. The maximum Gasteiger partial charge on any atom is 0.0485 e. The zero-order valence-electron chi connectivity index (χ0n) is 17.1. The fourth-order valence-corrected chi connectivity index (χ4v) is 4.46. The van der Waals surface area contributed by atoms with Crippen LogP contribution < -0.4 is 0 Å². The third-order valence-electron chi connectivity index (χ3n) is 6.01. The van der Waals surface area contributed by atoms with Crippen molar-refractivity contribution in [2.75, 3.05) is 26.2 Å². The molecular formula is C24H31N3O. The first-order chi connectivity index (χ1) is 13.7. The van der Waals surface area contributed by atoms with Crippen LogP contribution in [0.1, 0.15) is 34.5 Å². The highest BCUT2D eigenvalue weighted by Crippen LogP contribution is 2.30. The zero-order valence-corrected chi connectivity index (χ0v) is 17.1. The molecule has 3 heterocycles. The SMILES string of the molecule is Cc1ccc2c(c1)c1c(n2CCc2ccc(C)nc2)CCN(CCCO)CC1. The van der Waals surface area contributed by atoms with Crippen molar-refractivity contribution in [3.63, 3.8) is 0 Å². The number of hydrogen-bond donors (Lipinski definition) is 1. The van der Waals surface area contributed by atoms with Crippen LogP contribution in [0.15, 0.2) is 36.5 Å². The van der Waals surface area contributed by atoms with E-state index in [-0.39, 0.29) is 6.61 Å². The Bertz CT molecular complexity index is 943. The second kappa shape index (κ2) is 8.46. The summed E-state index contributed by atoms with van der Waals surface area (Å²) in [6, 6.07) is 11.2. The normalized spacial score (nSPS) is 15.0. The number of pyridine rings is 1. The summed E-state index contributed by atoms with van der Waals surface area (Å²) in [5, 5.41) is 10.6. The maximum atomic E-state index is 9.18. The number of benzene rings is 1. The Morgan fingerprint density at radius 1 is 1.04 bits per heavy atom. The average molecular weight is 378 g/mol. The van der Waals surface area contributed by atoms with Gasteiger partial charge in [0.1, 0.15) is 0 Å². The van der Waals surface area contributed by atoms with Gasteiger partial charge in [0, 0.05) is 67.7 Å². The average Bonchev–Trinajstić information content (AvgIpc) is 2.84. The molecule has 4 rings (SSSR count). The van der Waals surface area contributed by atoms with Crippen LogP contribution in [-0.4, -0.2) is 45.8 Å². The number of nitrogens with zero attached hydrogens (tertiary/aromatic N) is 3. The van der Waals surface area contributed by atoms with Gasteiger partial charge in [0.25, 0.3) is 0 Å². The summed E-state index contributed by atoms with van der Waals surface area (Å²) in [7, 11) is 0. The van der Waals surface area contributed by atoms with Gasteiger partial charge in [-0.3, -0.25) is 4.98 Å². The van der Waals surface area contributed by atoms with Gasteiger partial charge in [0.15, 0.2) is 0 Å². The van der Waals surface area contributed by atoms with Crippen molar-refractivity contribution in [3.05, 3.63) is 64.6 Å². The predicted molar refractivity (Wildman–Crippen MR) is 115 cm³/mol. The molecule has 0 fully saturated rings. The van der Waals surface area contributed by atoms with Gasteiger partial charge in [-0.1, -0.05) is 17.7 Å². The van der Waals surface area contributed by atoms with E-state index < -0.39 is 0 Å². The van der Waals surface area contributed by atoms with E-state index in [2.05, 4.69) is 51.7 Å². The minimum atomic E-state index is 0.280. The van der Waals surface area contributed by atoms with Gasteiger partial charge in [-0.05, 0) is 62.4 Å². The molecule has 0 atom stereocenters. The second-order valence-corrected chi connectivity index (χ2v) is 8.07. The molecule has 148 valence electrons. The first-order valence-electron chi connectivity index (χ1n) is 10.5. The Hall–Kier alpha value is -2.17. The van der Waals surface area contributed by atoms with E-state index in [0.717, 1.165) is 57.6 Å². The summed E-state index contributed by atoms with van der Waals surface area (Å²) in [4.78, 5) is 6.96. The van der Waals surface area contributed by atoms with Gasteiger partial charge in [0.2, 0.25) is 0 Å².